The van der Waals surface area contributed by atoms with Gasteiger partial charge in [-0.2, -0.15) is 0 Å². The van der Waals surface area contributed by atoms with Crippen LogP contribution in [0.1, 0.15) is 40.0 Å². The second-order valence-corrected chi connectivity index (χ2v) is 7.42. The number of carbonyl (C=O) groups is 1. The van der Waals surface area contributed by atoms with Crippen LogP contribution in [-0.4, -0.2) is 50.0 Å². The van der Waals surface area contributed by atoms with Crippen LogP contribution >= 0.6 is 11.8 Å². The molecule has 21 heavy (non-hydrogen) atoms. The van der Waals surface area contributed by atoms with Crippen LogP contribution in [0.25, 0.3) is 0 Å². The lowest BCUT2D eigenvalue weighted by Gasteiger charge is -2.20. The molecule has 7 nitrogen and oxygen atoms in total. The molecule has 0 aliphatic carbocycles. The molecule has 0 spiro atoms. The average Bonchev–Trinajstić information content (AvgIpc) is 2.72. The molecule has 1 aliphatic heterocycles. The molecule has 1 aliphatic rings. The Morgan fingerprint density at radius 2 is 2.24 bits per heavy atom. The first-order valence-electron chi connectivity index (χ1n) is 7.41. The fourth-order valence-electron chi connectivity index (χ4n) is 2.11. The molecule has 1 aromatic rings. The molecule has 1 aromatic heterocycles. The Balaban J connectivity index is 1.91. The van der Waals surface area contributed by atoms with Gasteiger partial charge in [-0.1, -0.05) is 18.2 Å². The molecule has 1 atom stereocenters. The second-order valence-electron chi connectivity index (χ2n) is 6.25. The summed E-state index contributed by atoms with van der Waals surface area (Å²) in [5.41, 5.74) is 0.0719. The summed E-state index contributed by atoms with van der Waals surface area (Å²) in [6, 6.07) is 0. The molecule has 0 radical (unpaired) electrons. The van der Waals surface area contributed by atoms with Crippen LogP contribution in [0.4, 0.5) is 0 Å². The lowest BCUT2D eigenvalue weighted by atomic mass is 10.1. The summed E-state index contributed by atoms with van der Waals surface area (Å²) >= 11 is 1.46. The van der Waals surface area contributed by atoms with E-state index in [0.717, 1.165) is 32.4 Å². The Morgan fingerprint density at radius 1 is 1.43 bits per heavy atom. The van der Waals surface area contributed by atoms with Gasteiger partial charge in [-0.3, -0.25) is 4.79 Å². The minimum Gasteiger partial charge on any atom is -0.355 e. The molecule has 1 amide bonds. The number of nitrogens with one attached hydrogen (secondary N) is 2. The molecule has 0 bridgehead atoms. The molecular formula is C13H24N6OS. The van der Waals surface area contributed by atoms with Crippen molar-refractivity contribution in [2.75, 3.05) is 13.1 Å². The molecule has 0 saturated carbocycles. The van der Waals surface area contributed by atoms with Gasteiger partial charge in [0.25, 0.3) is 0 Å². The number of hydrogen-bond donors (Lipinski definition) is 2. The van der Waals surface area contributed by atoms with Gasteiger partial charge in [0.15, 0.2) is 0 Å². The normalized spacial score (nSPS) is 20.1. The van der Waals surface area contributed by atoms with Gasteiger partial charge >= 0.3 is 0 Å². The van der Waals surface area contributed by atoms with E-state index in [4.69, 9.17) is 0 Å². The third-order valence-corrected chi connectivity index (χ3v) is 4.45. The van der Waals surface area contributed by atoms with Crippen LogP contribution in [0.2, 0.25) is 0 Å². The first kappa shape index (κ1) is 16.2. The largest absolute Gasteiger partial charge is 0.355 e. The zero-order valence-corrected chi connectivity index (χ0v) is 13.7. The molecule has 2 rings (SSSR count). The van der Waals surface area contributed by atoms with E-state index in [9.17, 15) is 4.79 Å². The van der Waals surface area contributed by atoms with Crippen LogP contribution in [0.3, 0.4) is 0 Å². The monoisotopic (exact) mass is 312 g/mol. The highest BCUT2D eigenvalue weighted by atomic mass is 32.2. The molecule has 1 unspecified atom stereocenters. The van der Waals surface area contributed by atoms with E-state index in [1.807, 2.05) is 0 Å². The number of amides is 1. The van der Waals surface area contributed by atoms with E-state index in [1.54, 1.807) is 4.68 Å². The van der Waals surface area contributed by atoms with Crippen molar-refractivity contribution in [1.82, 2.24) is 30.8 Å². The molecule has 118 valence electrons. The second kappa shape index (κ2) is 7.22. The fourth-order valence-corrected chi connectivity index (χ4v) is 3.17. The maximum atomic E-state index is 12.0. The minimum atomic E-state index is -0.0900. The van der Waals surface area contributed by atoms with Crippen LogP contribution in [-0.2, 0) is 11.3 Å². The van der Waals surface area contributed by atoms with E-state index in [2.05, 4.69) is 46.9 Å². The number of nitrogens with zero attached hydrogens (tertiary/aromatic N) is 4. The Bertz CT molecular complexity index is 469. The predicted octanol–water partition coefficient (Wildman–Crippen LogP) is 0.822. The zero-order chi connectivity index (χ0) is 15.3. The Hall–Kier alpha value is -1.15. The summed E-state index contributed by atoms with van der Waals surface area (Å²) in [7, 11) is 0. The summed E-state index contributed by atoms with van der Waals surface area (Å²) in [6.07, 6.45) is 2.98. The summed E-state index contributed by atoms with van der Waals surface area (Å²) < 4.78 is 1.77. The number of aromatic nitrogens is 4. The Kier molecular flexibility index (Phi) is 5.58. The van der Waals surface area contributed by atoms with E-state index in [1.165, 1.54) is 11.8 Å². The van der Waals surface area contributed by atoms with Crippen molar-refractivity contribution in [1.29, 1.82) is 0 Å². The summed E-state index contributed by atoms with van der Waals surface area (Å²) in [5.74, 6) is 0.0971. The Morgan fingerprint density at radius 3 is 3.00 bits per heavy atom. The van der Waals surface area contributed by atoms with Crippen molar-refractivity contribution in [2.24, 2.45) is 0 Å². The smallest absolute Gasteiger partial charge is 0.233 e. The highest BCUT2D eigenvalue weighted by Gasteiger charge is 2.24. The number of rotatable bonds is 5. The fraction of sp³-hybridized carbons (Fsp3) is 0.846. The minimum absolute atomic E-state index is 0.0719. The van der Waals surface area contributed by atoms with E-state index < -0.39 is 0 Å². The van der Waals surface area contributed by atoms with Gasteiger partial charge < -0.3 is 10.6 Å². The van der Waals surface area contributed by atoms with Crippen LogP contribution in [0.5, 0.6) is 0 Å². The maximum Gasteiger partial charge on any atom is 0.233 e. The SMILES string of the molecule is CC(C)(C)NCCn1nnnc1SC1CCCCNC1=O. The van der Waals surface area contributed by atoms with E-state index >= 15 is 0 Å². The van der Waals surface area contributed by atoms with Gasteiger partial charge in [-0.05, 0) is 44.0 Å². The van der Waals surface area contributed by atoms with E-state index in [0.29, 0.717) is 11.7 Å². The highest BCUT2D eigenvalue weighted by Crippen LogP contribution is 2.25. The number of thioether (sulfide) groups is 1. The van der Waals surface area contributed by atoms with Gasteiger partial charge in [0, 0.05) is 18.6 Å². The third-order valence-electron chi connectivity index (χ3n) is 3.21. The predicted molar refractivity (Wildman–Crippen MR) is 82.1 cm³/mol. The molecule has 2 heterocycles. The molecule has 2 N–H and O–H groups in total. The van der Waals surface area contributed by atoms with Crippen molar-refractivity contribution >= 4 is 17.7 Å². The van der Waals surface area contributed by atoms with Gasteiger partial charge in [0.1, 0.15) is 0 Å². The molecule has 0 aromatic carbocycles. The van der Waals surface area contributed by atoms with Crippen molar-refractivity contribution in [3.05, 3.63) is 0 Å². The van der Waals surface area contributed by atoms with Crippen LogP contribution in [0.15, 0.2) is 5.16 Å². The summed E-state index contributed by atoms with van der Waals surface area (Å²) in [5, 5.41) is 18.8. The summed E-state index contributed by atoms with van der Waals surface area (Å²) in [4.78, 5) is 12.0. The molecule has 1 fully saturated rings. The van der Waals surface area contributed by atoms with Crippen LogP contribution < -0.4 is 10.6 Å². The lowest BCUT2D eigenvalue weighted by molar-refractivity contribution is -0.120. The van der Waals surface area contributed by atoms with Gasteiger partial charge in [0.05, 0.1) is 11.8 Å². The summed E-state index contributed by atoms with van der Waals surface area (Å²) in [6.45, 7) is 8.63. The highest BCUT2D eigenvalue weighted by molar-refractivity contribution is 8.00. The van der Waals surface area contributed by atoms with Crippen molar-refractivity contribution in [3.8, 4) is 0 Å². The number of tetrazole rings is 1. The molecule has 8 heteroatoms. The van der Waals surface area contributed by atoms with Crippen LogP contribution in [0, 0.1) is 0 Å². The molecular weight excluding hydrogens is 288 g/mol. The van der Waals surface area contributed by atoms with Gasteiger partial charge in [0.2, 0.25) is 11.1 Å². The van der Waals surface area contributed by atoms with Crippen molar-refractivity contribution in [2.45, 2.75) is 62.5 Å². The zero-order valence-electron chi connectivity index (χ0n) is 12.9. The number of carbonyl (C=O) groups excluding carboxylic acids is 1. The van der Waals surface area contributed by atoms with Crippen molar-refractivity contribution < 1.29 is 4.79 Å². The van der Waals surface area contributed by atoms with E-state index in [-0.39, 0.29) is 16.7 Å². The lowest BCUT2D eigenvalue weighted by Crippen LogP contribution is -2.38. The first-order chi connectivity index (χ1) is 9.96. The van der Waals surface area contributed by atoms with Gasteiger partial charge in [-0.25, -0.2) is 4.68 Å². The first-order valence-corrected chi connectivity index (χ1v) is 8.29. The third kappa shape index (κ3) is 5.28. The van der Waals surface area contributed by atoms with Crippen molar-refractivity contribution in [3.63, 3.8) is 0 Å². The molecule has 1 saturated heterocycles. The maximum absolute atomic E-state index is 12.0. The standard InChI is InChI=1S/C13H24N6OS/c1-13(2,3)15-8-9-19-12(16-17-18-19)21-10-6-4-5-7-14-11(10)20/h10,15H,4-9H2,1-3H3,(H,14,20). The Labute approximate surface area is 129 Å². The van der Waals surface area contributed by atoms with Gasteiger partial charge in [-0.15, -0.1) is 5.10 Å². The average molecular weight is 312 g/mol. The quantitative estimate of drug-likeness (QED) is 0.837. The number of hydrogen-bond acceptors (Lipinski definition) is 6. The topological polar surface area (TPSA) is 84.7 Å².